The maximum absolute atomic E-state index is 13.9. The normalized spacial score (nSPS) is 15.4. The first-order valence-electron chi connectivity index (χ1n) is 9.85. The lowest BCUT2D eigenvalue weighted by molar-refractivity contribution is -0.0756. The molecule has 0 amide bonds. The smallest absolute Gasteiger partial charge is 0.150 e. The summed E-state index contributed by atoms with van der Waals surface area (Å²) >= 11 is 0. The van der Waals surface area contributed by atoms with E-state index in [-0.39, 0.29) is 11.4 Å². The van der Waals surface area contributed by atoms with Crippen LogP contribution in [0.3, 0.4) is 0 Å². The fourth-order valence-electron chi connectivity index (χ4n) is 3.62. The molecule has 29 heavy (non-hydrogen) atoms. The number of ether oxygens (including phenoxy) is 1. The lowest BCUT2D eigenvalue weighted by Gasteiger charge is -2.42. The van der Waals surface area contributed by atoms with Crippen molar-refractivity contribution in [3.05, 3.63) is 89.1 Å². The summed E-state index contributed by atoms with van der Waals surface area (Å²) in [6, 6.07) is 19.2. The molecule has 0 atom stereocenters. The average Bonchev–Trinajstić information content (AvgIpc) is 3.12. The maximum Gasteiger partial charge on any atom is 0.150 e. The van der Waals surface area contributed by atoms with Crippen LogP contribution in [0.25, 0.3) is 0 Å². The van der Waals surface area contributed by atoms with E-state index in [4.69, 9.17) is 9.26 Å². The van der Waals surface area contributed by atoms with Crippen molar-refractivity contribution in [2.24, 2.45) is 0 Å². The van der Waals surface area contributed by atoms with Crippen molar-refractivity contribution >= 4 is 0 Å². The summed E-state index contributed by atoms with van der Waals surface area (Å²) in [5.41, 5.74) is 2.57. The minimum Gasteiger partial charge on any atom is -0.377 e. The highest BCUT2D eigenvalue weighted by atomic mass is 19.1. The lowest BCUT2D eigenvalue weighted by atomic mass is 9.90. The molecular formula is C23H26FN3O2. The van der Waals surface area contributed by atoms with E-state index in [1.54, 1.807) is 12.1 Å². The van der Waals surface area contributed by atoms with E-state index >= 15 is 0 Å². The molecular weight excluding hydrogens is 369 g/mol. The van der Waals surface area contributed by atoms with Gasteiger partial charge in [0.15, 0.2) is 5.76 Å². The molecule has 5 nitrogen and oxygen atoms in total. The van der Waals surface area contributed by atoms with Crippen LogP contribution in [0.5, 0.6) is 0 Å². The number of nitrogens with zero attached hydrogens (tertiary/aromatic N) is 2. The maximum atomic E-state index is 13.9. The van der Waals surface area contributed by atoms with E-state index in [2.05, 4.69) is 34.6 Å². The Morgan fingerprint density at radius 3 is 2.55 bits per heavy atom. The van der Waals surface area contributed by atoms with Crippen LogP contribution in [-0.2, 0) is 30.8 Å². The molecule has 3 aromatic rings. The summed E-state index contributed by atoms with van der Waals surface area (Å²) in [4.78, 5) is 2.19. The number of rotatable bonds is 9. The molecule has 0 spiro atoms. The van der Waals surface area contributed by atoms with Crippen molar-refractivity contribution in [1.29, 1.82) is 0 Å². The van der Waals surface area contributed by atoms with Crippen molar-refractivity contribution in [2.45, 2.75) is 31.6 Å². The first kappa shape index (κ1) is 19.8. The largest absolute Gasteiger partial charge is 0.377 e. The van der Waals surface area contributed by atoms with Gasteiger partial charge >= 0.3 is 0 Å². The average molecular weight is 395 g/mol. The summed E-state index contributed by atoms with van der Waals surface area (Å²) < 4.78 is 24.9. The molecule has 1 aliphatic heterocycles. The molecule has 2 heterocycles. The number of hydrogen-bond acceptors (Lipinski definition) is 5. The van der Waals surface area contributed by atoms with Gasteiger partial charge in [-0.15, -0.1) is 0 Å². The third-order valence-corrected chi connectivity index (χ3v) is 5.22. The summed E-state index contributed by atoms with van der Waals surface area (Å²) in [5.74, 6) is 0.642. The molecule has 1 aromatic heterocycles. The van der Waals surface area contributed by atoms with Gasteiger partial charge in [-0.25, -0.2) is 4.39 Å². The van der Waals surface area contributed by atoms with Crippen molar-refractivity contribution in [3.63, 3.8) is 0 Å². The molecule has 6 heteroatoms. The molecule has 152 valence electrons. The third-order valence-electron chi connectivity index (χ3n) is 5.22. The lowest BCUT2D eigenvalue weighted by Crippen LogP contribution is -2.61. The fourth-order valence-corrected chi connectivity index (χ4v) is 3.62. The third kappa shape index (κ3) is 5.09. The van der Waals surface area contributed by atoms with E-state index in [1.165, 1.54) is 11.6 Å². The monoisotopic (exact) mass is 395 g/mol. The minimum absolute atomic E-state index is 0.194. The van der Waals surface area contributed by atoms with Gasteiger partial charge in [0.25, 0.3) is 0 Å². The van der Waals surface area contributed by atoms with E-state index in [0.717, 1.165) is 18.0 Å². The zero-order valence-electron chi connectivity index (χ0n) is 16.6. The zero-order valence-corrected chi connectivity index (χ0v) is 16.6. The van der Waals surface area contributed by atoms with Gasteiger partial charge in [-0.3, -0.25) is 4.90 Å². The number of benzene rings is 2. The standard InChI is InChI=1S/C23H26FN3O2/c1-27(14-18-7-3-2-4-8-18)15-21-11-20(26-29-21)12-23(16-28-17-23)25-13-19-9-5-6-10-22(19)24/h2-11,25H,12-17H2,1H3. The molecule has 0 aliphatic carbocycles. The van der Waals surface area contributed by atoms with Gasteiger partial charge in [-0.2, -0.15) is 0 Å². The molecule has 4 rings (SSSR count). The molecule has 0 unspecified atom stereocenters. The number of nitrogens with one attached hydrogen (secondary N) is 1. The first-order chi connectivity index (χ1) is 14.1. The minimum atomic E-state index is -0.230. The topological polar surface area (TPSA) is 50.5 Å². The van der Waals surface area contributed by atoms with Gasteiger partial charge in [0, 0.05) is 31.1 Å². The molecule has 1 saturated heterocycles. The van der Waals surface area contributed by atoms with E-state index in [0.29, 0.717) is 38.3 Å². The van der Waals surface area contributed by atoms with Gasteiger partial charge in [-0.05, 0) is 18.7 Å². The second-order valence-electron chi connectivity index (χ2n) is 7.84. The van der Waals surface area contributed by atoms with Crippen molar-refractivity contribution < 1.29 is 13.7 Å². The predicted molar refractivity (Wildman–Crippen MR) is 109 cm³/mol. The molecule has 1 N–H and O–H groups in total. The van der Waals surface area contributed by atoms with E-state index < -0.39 is 0 Å². The Morgan fingerprint density at radius 2 is 1.83 bits per heavy atom. The van der Waals surface area contributed by atoms with Crippen LogP contribution in [0.4, 0.5) is 4.39 Å². The fraction of sp³-hybridized carbons (Fsp3) is 0.348. The Bertz CT molecular complexity index is 925. The van der Waals surface area contributed by atoms with Gasteiger partial charge < -0.3 is 14.6 Å². The van der Waals surface area contributed by atoms with Crippen LogP contribution in [0, 0.1) is 5.82 Å². The highest BCUT2D eigenvalue weighted by Crippen LogP contribution is 2.24. The van der Waals surface area contributed by atoms with Crippen LogP contribution in [0.15, 0.2) is 65.2 Å². The van der Waals surface area contributed by atoms with Gasteiger partial charge in [-0.1, -0.05) is 53.7 Å². The number of aromatic nitrogens is 1. The Morgan fingerprint density at radius 1 is 1.07 bits per heavy atom. The van der Waals surface area contributed by atoms with Crippen LogP contribution in [0.1, 0.15) is 22.6 Å². The highest BCUT2D eigenvalue weighted by Gasteiger charge is 2.39. The first-order valence-corrected chi connectivity index (χ1v) is 9.85. The van der Waals surface area contributed by atoms with Crippen LogP contribution < -0.4 is 5.32 Å². The Labute approximate surface area is 170 Å². The zero-order chi connectivity index (χ0) is 20.1. The summed E-state index contributed by atoms with van der Waals surface area (Å²) in [5, 5.41) is 7.71. The molecule has 0 radical (unpaired) electrons. The summed E-state index contributed by atoms with van der Waals surface area (Å²) in [6.45, 7) is 3.16. The van der Waals surface area contributed by atoms with Crippen LogP contribution in [0.2, 0.25) is 0 Å². The van der Waals surface area contributed by atoms with Crippen LogP contribution in [-0.4, -0.2) is 35.9 Å². The Balaban J connectivity index is 1.33. The molecule has 1 aliphatic rings. The second kappa shape index (κ2) is 8.86. The number of halogens is 1. The Kier molecular flexibility index (Phi) is 6.04. The van der Waals surface area contributed by atoms with E-state index in [9.17, 15) is 4.39 Å². The van der Waals surface area contributed by atoms with Gasteiger partial charge in [0.1, 0.15) is 5.82 Å². The van der Waals surface area contributed by atoms with Crippen molar-refractivity contribution in [3.8, 4) is 0 Å². The highest BCUT2D eigenvalue weighted by molar-refractivity contribution is 5.19. The van der Waals surface area contributed by atoms with Crippen molar-refractivity contribution in [2.75, 3.05) is 20.3 Å². The van der Waals surface area contributed by atoms with E-state index in [1.807, 2.05) is 30.3 Å². The molecule has 0 saturated carbocycles. The molecule has 1 fully saturated rings. The van der Waals surface area contributed by atoms with Crippen molar-refractivity contribution in [1.82, 2.24) is 15.4 Å². The summed E-state index contributed by atoms with van der Waals surface area (Å²) in [7, 11) is 2.06. The summed E-state index contributed by atoms with van der Waals surface area (Å²) in [6.07, 6.45) is 0.688. The SMILES string of the molecule is CN(Cc1ccccc1)Cc1cc(CC2(NCc3ccccc3F)COC2)no1. The predicted octanol–water partition coefficient (Wildman–Crippen LogP) is 3.55. The molecule has 0 bridgehead atoms. The Hall–Kier alpha value is -2.54. The number of hydrogen-bond donors (Lipinski definition) is 1. The van der Waals surface area contributed by atoms with Gasteiger partial charge in [0.05, 0.1) is 31.0 Å². The van der Waals surface area contributed by atoms with Gasteiger partial charge in [0.2, 0.25) is 0 Å². The second-order valence-corrected chi connectivity index (χ2v) is 7.84. The molecule has 2 aromatic carbocycles. The van der Waals surface area contributed by atoms with Crippen LogP contribution >= 0.6 is 0 Å². The quantitative estimate of drug-likeness (QED) is 0.601.